The minimum Gasteiger partial charge on any atom is -0.497 e. The van der Waals surface area contributed by atoms with Crippen molar-refractivity contribution in [2.24, 2.45) is 0 Å². The Labute approximate surface area is 192 Å². The Balaban J connectivity index is 1.46. The van der Waals surface area contributed by atoms with Gasteiger partial charge >= 0.3 is 0 Å². The maximum Gasteiger partial charge on any atom is 0.298 e. The first-order valence-corrected chi connectivity index (χ1v) is 11.1. The summed E-state index contributed by atoms with van der Waals surface area (Å²) in [5.41, 5.74) is 1.56. The molecule has 33 heavy (non-hydrogen) atoms. The van der Waals surface area contributed by atoms with Crippen LogP contribution in [0.2, 0.25) is 0 Å². The van der Waals surface area contributed by atoms with Gasteiger partial charge in [-0.25, -0.2) is 4.98 Å². The summed E-state index contributed by atoms with van der Waals surface area (Å²) in [6.45, 7) is 0.175. The Morgan fingerprint density at radius 2 is 1.94 bits per heavy atom. The molecule has 1 amide bonds. The zero-order valence-electron chi connectivity index (χ0n) is 17.6. The van der Waals surface area contributed by atoms with E-state index in [-0.39, 0.29) is 29.3 Å². The number of ether oxygens (including phenoxy) is 1. The Morgan fingerprint density at radius 1 is 1.12 bits per heavy atom. The molecule has 0 spiro atoms. The zero-order valence-corrected chi connectivity index (χ0v) is 18.4. The first kappa shape index (κ1) is 20.9. The highest BCUT2D eigenvalue weighted by atomic mass is 32.2. The van der Waals surface area contributed by atoms with Crippen LogP contribution in [0.4, 0.5) is 5.69 Å². The standard InChI is InChI=1S/C24H19N3O5S/c1-30-16-10-8-15(9-11-16)25-20(28)14-33-24-26-21-18-6-2-3-7-19(18)32-22(21)23(29)27(24)13-17-5-4-12-31-17/h2-12H,13-14H2,1H3,(H,25,28). The van der Waals surface area contributed by atoms with Crippen LogP contribution in [-0.2, 0) is 11.3 Å². The van der Waals surface area contributed by atoms with Gasteiger partial charge in [-0.3, -0.25) is 14.2 Å². The SMILES string of the molecule is COc1ccc(NC(=O)CSc2nc3c(oc4ccccc43)c(=O)n2Cc2ccco2)cc1. The molecule has 3 heterocycles. The Morgan fingerprint density at radius 3 is 2.70 bits per heavy atom. The summed E-state index contributed by atoms with van der Waals surface area (Å²) in [7, 11) is 1.58. The molecule has 1 N–H and O–H groups in total. The number of benzene rings is 2. The van der Waals surface area contributed by atoms with Crippen LogP contribution in [0.1, 0.15) is 5.76 Å². The Kier molecular flexibility index (Phi) is 5.62. The van der Waals surface area contributed by atoms with Gasteiger partial charge in [-0.1, -0.05) is 23.9 Å². The van der Waals surface area contributed by atoms with E-state index in [1.807, 2.05) is 18.2 Å². The van der Waals surface area contributed by atoms with E-state index >= 15 is 0 Å². The van der Waals surface area contributed by atoms with Gasteiger partial charge < -0.3 is 18.9 Å². The van der Waals surface area contributed by atoms with Gasteiger partial charge in [-0.15, -0.1) is 0 Å². The van der Waals surface area contributed by atoms with Crippen molar-refractivity contribution in [3.63, 3.8) is 0 Å². The Hall–Kier alpha value is -3.98. The number of thioether (sulfide) groups is 1. The number of furan rings is 2. The number of carbonyl (C=O) groups excluding carboxylic acids is 1. The Bertz CT molecular complexity index is 1490. The third-order valence-corrected chi connectivity index (χ3v) is 6.02. The van der Waals surface area contributed by atoms with Crippen molar-refractivity contribution in [2.45, 2.75) is 11.7 Å². The molecular weight excluding hydrogens is 442 g/mol. The van der Waals surface area contributed by atoms with Gasteiger partial charge in [-0.05, 0) is 48.5 Å². The maximum absolute atomic E-state index is 13.3. The highest BCUT2D eigenvalue weighted by molar-refractivity contribution is 7.99. The van der Waals surface area contributed by atoms with E-state index < -0.39 is 0 Å². The highest BCUT2D eigenvalue weighted by Crippen LogP contribution is 2.27. The topological polar surface area (TPSA) is 99.5 Å². The van der Waals surface area contributed by atoms with Crippen molar-refractivity contribution in [3.8, 4) is 5.75 Å². The van der Waals surface area contributed by atoms with Gasteiger partial charge in [0.15, 0.2) is 5.16 Å². The monoisotopic (exact) mass is 461 g/mol. The number of nitrogens with one attached hydrogen (secondary N) is 1. The van der Waals surface area contributed by atoms with Crippen LogP contribution in [0.5, 0.6) is 5.75 Å². The smallest absolute Gasteiger partial charge is 0.298 e. The van der Waals surface area contributed by atoms with E-state index in [4.69, 9.17) is 18.6 Å². The predicted molar refractivity (Wildman–Crippen MR) is 126 cm³/mol. The molecule has 0 aliphatic heterocycles. The number of nitrogens with zero attached hydrogens (tertiary/aromatic N) is 2. The summed E-state index contributed by atoms with van der Waals surface area (Å²) in [6, 6.07) is 17.9. The van der Waals surface area contributed by atoms with Crippen LogP contribution in [0, 0.1) is 0 Å². The van der Waals surface area contributed by atoms with Gasteiger partial charge in [0.1, 0.15) is 22.6 Å². The molecule has 2 aromatic carbocycles. The van der Waals surface area contributed by atoms with Crippen LogP contribution in [0.15, 0.2) is 85.7 Å². The molecule has 0 fully saturated rings. The normalized spacial score (nSPS) is 11.2. The molecule has 0 atom stereocenters. The summed E-state index contributed by atoms with van der Waals surface area (Å²) >= 11 is 1.18. The largest absolute Gasteiger partial charge is 0.497 e. The van der Waals surface area contributed by atoms with Crippen molar-refractivity contribution >= 4 is 45.4 Å². The number of anilines is 1. The minimum atomic E-state index is -0.328. The average Bonchev–Trinajstić information content (AvgIpc) is 3.48. The third kappa shape index (κ3) is 4.22. The minimum absolute atomic E-state index is 0.0674. The van der Waals surface area contributed by atoms with Crippen LogP contribution in [0.25, 0.3) is 22.1 Å². The van der Waals surface area contributed by atoms with E-state index in [9.17, 15) is 9.59 Å². The lowest BCUT2D eigenvalue weighted by Crippen LogP contribution is -2.24. The summed E-state index contributed by atoms with van der Waals surface area (Å²) in [5, 5.41) is 3.99. The van der Waals surface area contributed by atoms with E-state index in [2.05, 4.69) is 5.32 Å². The second kappa shape index (κ2) is 8.87. The number of aromatic nitrogens is 2. The van der Waals surface area contributed by atoms with Gasteiger partial charge in [0.25, 0.3) is 5.56 Å². The lowest BCUT2D eigenvalue weighted by Gasteiger charge is -2.11. The van der Waals surface area contributed by atoms with E-state index in [1.54, 1.807) is 55.8 Å². The molecule has 5 rings (SSSR count). The summed E-state index contributed by atoms with van der Waals surface area (Å²) in [5.74, 6) is 1.15. The van der Waals surface area contributed by atoms with E-state index in [0.717, 1.165) is 5.39 Å². The number of fused-ring (bicyclic) bond motifs is 3. The number of hydrogen-bond donors (Lipinski definition) is 1. The summed E-state index contributed by atoms with van der Waals surface area (Å²) in [4.78, 5) is 30.6. The lowest BCUT2D eigenvalue weighted by molar-refractivity contribution is -0.113. The number of carbonyl (C=O) groups is 1. The molecule has 0 aliphatic carbocycles. The molecule has 0 bridgehead atoms. The number of para-hydroxylation sites is 1. The van der Waals surface area contributed by atoms with Gasteiger partial charge in [-0.2, -0.15) is 0 Å². The van der Waals surface area contributed by atoms with E-state index in [1.165, 1.54) is 16.3 Å². The lowest BCUT2D eigenvalue weighted by atomic mass is 10.2. The summed E-state index contributed by atoms with van der Waals surface area (Å²) in [6.07, 6.45) is 1.54. The van der Waals surface area contributed by atoms with Crippen LogP contribution in [-0.4, -0.2) is 28.3 Å². The number of amides is 1. The van der Waals surface area contributed by atoms with Gasteiger partial charge in [0.2, 0.25) is 11.5 Å². The number of rotatable bonds is 7. The third-order valence-electron chi connectivity index (χ3n) is 5.05. The van der Waals surface area contributed by atoms with Crippen molar-refractivity contribution in [3.05, 3.63) is 83.0 Å². The molecule has 5 aromatic rings. The molecule has 3 aromatic heterocycles. The highest BCUT2D eigenvalue weighted by Gasteiger charge is 2.19. The molecule has 8 nitrogen and oxygen atoms in total. The molecule has 9 heteroatoms. The second-order valence-corrected chi connectivity index (χ2v) is 8.15. The van der Waals surface area contributed by atoms with Crippen LogP contribution < -0.4 is 15.6 Å². The van der Waals surface area contributed by atoms with Crippen molar-refractivity contribution < 1.29 is 18.4 Å². The fourth-order valence-electron chi connectivity index (χ4n) is 3.46. The molecular formula is C24H19N3O5S. The second-order valence-electron chi connectivity index (χ2n) is 7.21. The molecule has 0 aliphatic rings. The van der Waals surface area contributed by atoms with Crippen LogP contribution in [0.3, 0.4) is 0 Å². The molecule has 166 valence electrons. The van der Waals surface area contributed by atoms with Gasteiger partial charge in [0.05, 0.1) is 25.7 Å². The quantitative estimate of drug-likeness (QED) is 0.281. The predicted octanol–water partition coefficient (Wildman–Crippen LogP) is 4.52. The van der Waals surface area contributed by atoms with Crippen LogP contribution >= 0.6 is 11.8 Å². The van der Waals surface area contributed by atoms with Gasteiger partial charge in [0, 0.05) is 11.1 Å². The zero-order chi connectivity index (χ0) is 22.8. The molecule has 0 saturated carbocycles. The molecule has 0 unspecified atom stereocenters. The fourth-order valence-corrected chi connectivity index (χ4v) is 4.25. The van der Waals surface area contributed by atoms with Crippen molar-refractivity contribution in [2.75, 3.05) is 18.2 Å². The maximum atomic E-state index is 13.3. The average molecular weight is 461 g/mol. The van der Waals surface area contributed by atoms with E-state index in [0.29, 0.717) is 33.5 Å². The number of hydrogen-bond acceptors (Lipinski definition) is 7. The fraction of sp³-hybridized carbons (Fsp3) is 0.125. The number of methoxy groups -OCH3 is 1. The molecule has 0 radical (unpaired) electrons. The van der Waals surface area contributed by atoms with Crippen molar-refractivity contribution in [1.82, 2.24) is 9.55 Å². The summed E-state index contributed by atoms with van der Waals surface area (Å²) < 4.78 is 17.8. The van der Waals surface area contributed by atoms with Crippen molar-refractivity contribution in [1.29, 1.82) is 0 Å². The molecule has 0 saturated heterocycles. The first-order chi connectivity index (χ1) is 16.1. The first-order valence-electron chi connectivity index (χ1n) is 10.1.